The fourth-order valence-corrected chi connectivity index (χ4v) is 3.56. The first kappa shape index (κ1) is 14.0. The molecule has 0 amide bonds. The molecule has 102 valence electrons. The maximum Gasteiger partial charge on any atom is 0.107 e. The third-order valence-corrected chi connectivity index (χ3v) is 5.00. The molecule has 1 aliphatic heterocycles. The van der Waals surface area contributed by atoms with Crippen molar-refractivity contribution in [3.63, 3.8) is 0 Å². The van der Waals surface area contributed by atoms with Crippen LogP contribution in [0.2, 0.25) is 0 Å². The van der Waals surface area contributed by atoms with E-state index in [0.29, 0.717) is 0 Å². The summed E-state index contributed by atoms with van der Waals surface area (Å²) in [6, 6.07) is 0. The Morgan fingerprint density at radius 2 is 2.06 bits per heavy atom. The average Bonchev–Trinajstić information content (AvgIpc) is 2.67. The first-order valence-corrected chi connectivity index (χ1v) is 7.80. The summed E-state index contributed by atoms with van der Waals surface area (Å²) in [6.45, 7) is 8.98. The minimum atomic E-state index is 0.925. The van der Waals surface area contributed by atoms with Gasteiger partial charge in [-0.15, -0.1) is 11.3 Å². The van der Waals surface area contributed by atoms with Gasteiger partial charge in [-0.3, -0.25) is 4.90 Å². The van der Waals surface area contributed by atoms with Crippen LogP contribution in [0.5, 0.6) is 0 Å². The number of nitrogens with zero attached hydrogens (tertiary/aromatic N) is 2. The van der Waals surface area contributed by atoms with Gasteiger partial charge in [-0.1, -0.05) is 0 Å². The molecule has 0 aromatic carbocycles. The van der Waals surface area contributed by atoms with Gasteiger partial charge in [0.1, 0.15) is 5.01 Å². The third kappa shape index (κ3) is 3.77. The van der Waals surface area contributed by atoms with Crippen LogP contribution in [0.4, 0.5) is 0 Å². The maximum atomic E-state index is 4.64. The van der Waals surface area contributed by atoms with E-state index < -0.39 is 0 Å². The van der Waals surface area contributed by atoms with Crippen LogP contribution in [0.1, 0.15) is 34.8 Å². The molecule has 0 atom stereocenters. The first-order chi connectivity index (χ1) is 8.69. The lowest BCUT2D eigenvalue weighted by Gasteiger charge is -2.31. The molecule has 2 rings (SSSR count). The molecular formula is C14H25N3S. The van der Waals surface area contributed by atoms with E-state index in [0.717, 1.165) is 19.0 Å². The molecule has 0 bridgehead atoms. The molecule has 0 radical (unpaired) electrons. The van der Waals surface area contributed by atoms with E-state index in [2.05, 4.69) is 29.0 Å². The second-order valence-corrected chi connectivity index (χ2v) is 6.65. The van der Waals surface area contributed by atoms with Gasteiger partial charge < -0.3 is 5.32 Å². The van der Waals surface area contributed by atoms with Crippen molar-refractivity contribution in [3.05, 3.63) is 15.6 Å². The van der Waals surface area contributed by atoms with Crippen LogP contribution in [-0.2, 0) is 6.54 Å². The van der Waals surface area contributed by atoms with Gasteiger partial charge in [0.25, 0.3) is 0 Å². The number of likely N-dealkylation sites (tertiary alicyclic amines) is 1. The Kier molecular flexibility index (Phi) is 5.15. The lowest BCUT2D eigenvalue weighted by atomic mass is 9.93. The van der Waals surface area contributed by atoms with E-state index in [1.165, 1.54) is 47.9 Å². The zero-order valence-electron chi connectivity index (χ0n) is 11.8. The Bertz CT molecular complexity index is 348. The number of piperidine rings is 1. The molecule has 1 fully saturated rings. The number of aromatic nitrogens is 1. The number of aryl methyl sites for hydroxylation is 2. The normalized spacial score (nSPS) is 18.4. The van der Waals surface area contributed by atoms with E-state index in [1.54, 1.807) is 0 Å². The summed E-state index contributed by atoms with van der Waals surface area (Å²) in [5.41, 5.74) is 1.21. The molecule has 0 saturated carbocycles. The molecule has 1 aliphatic rings. The number of hydrogen-bond acceptors (Lipinski definition) is 4. The molecule has 18 heavy (non-hydrogen) atoms. The van der Waals surface area contributed by atoms with Crippen LogP contribution >= 0.6 is 11.3 Å². The Morgan fingerprint density at radius 3 is 2.61 bits per heavy atom. The van der Waals surface area contributed by atoms with Gasteiger partial charge in [-0.25, -0.2) is 4.98 Å². The Morgan fingerprint density at radius 1 is 1.33 bits per heavy atom. The molecular weight excluding hydrogens is 242 g/mol. The molecule has 1 aromatic rings. The van der Waals surface area contributed by atoms with Crippen LogP contribution in [0.3, 0.4) is 0 Å². The predicted octanol–water partition coefficient (Wildman–Crippen LogP) is 2.58. The minimum Gasteiger partial charge on any atom is -0.320 e. The standard InChI is InChI=1S/C14H25N3S/c1-11-12(2)18-14(16-11)10-17-8-5-13(6-9-17)4-7-15-3/h13,15H,4-10H2,1-3H3. The van der Waals surface area contributed by atoms with E-state index in [4.69, 9.17) is 0 Å². The second-order valence-electron chi connectivity index (χ2n) is 5.36. The fraction of sp³-hybridized carbons (Fsp3) is 0.786. The summed E-state index contributed by atoms with van der Waals surface area (Å²) in [6.07, 6.45) is 4.04. The summed E-state index contributed by atoms with van der Waals surface area (Å²) in [7, 11) is 2.04. The molecule has 0 spiro atoms. The third-order valence-electron chi connectivity index (χ3n) is 3.94. The molecule has 1 saturated heterocycles. The van der Waals surface area contributed by atoms with Crippen molar-refractivity contribution in [1.29, 1.82) is 0 Å². The van der Waals surface area contributed by atoms with Crippen LogP contribution in [0.25, 0.3) is 0 Å². The van der Waals surface area contributed by atoms with Gasteiger partial charge >= 0.3 is 0 Å². The SMILES string of the molecule is CNCCC1CCN(Cc2nc(C)c(C)s2)CC1. The van der Waals surface area contributed by atoms with E-state index in [9.17, 15) is 0 Å². The van der Waals surface area contributed by atoms with Crippen molar-refractivity contribution < 1.29 is 0 Å². The van der Waals surface area contributed by atoms with E-state index in [1.807, 2.05) is 18.4 Å². The summed E-state index contributed by atoms with van der Waals surface area (Å²) in [5.74, 6) is 0.925. The molecule has 0 unspecified atom stereocenters. The van der Waals surface area contributed by atoms with Crippen LogP contribution in [0.15, 0.2) is 0 Å². The number of nitrogens with one attached hydrogen (secondary N) is 1. The summed E-state index contributed by atoms with van der Waals surface area (Å²) < 4.78 is 0. The second kappa shape index (κ2) is 6.64. The quantitative estimate of drug-likeness (QED) is 0.889. The molecule has 1 aromatic heterocycles. The van der Waals surface area contributed by atoms with Gasteiger partial charge in [-0.2, -0.15) is 0 Å². The smallest absolute Gasteiger partial charge is 0.107 e. The van der Waals surface area contributed by atoms with Gasteiger partial charge in [0.05, 0.1) is 12.2 Å². The lowest BCUT2D eigenvalue weighted by molar-refractivity contribution is 0.172. The van der Waals surface area contributed by atoms with Crippen molar-refractivity contribution in [3.8, 4) is 0 Å². The predicted molar refractivity (Wildman–Crippen MR) is 78.1 cm³/mol. The fourth-order valence-electron chi connectivity index (χ4n) is 2.58. The molecule has 4 heteroatoms. The first-order valence-electron chi connectivity index (χ1n) is 6.99. The van der Waals surface area contributed by atoms with Crippen LogP contribution in [-0.4, -0.2) is 36.6 Å². The molecule has 0 aliphatic carbocycles. The number of hydrogen-bond donors (Lipinski definition) is 1. The van der Waals surface area contributed by atoms with Crippen molar-refractivity contribution in [1.82, 2.24) is 15.2 Å². The van der Waals surface area contributed by atoms with Crippen molar-refractivity contribution in [2.75, 3.05) is 26.7 Å². The number of thiazole rings is 1. The van der Waals surface area contributed by atoms with Gasteiger partial charge in [0.15, 0.2) is 0 Å². The number of rotatable bonds is 5. The topological polar surface area (TPSA) is 28.2 Å². The molecule has 2 heterocycles. The highest BCUT2D eigenvalue weighted by atomic mass is 32.1. The van der Waals surface area contributed by atoms with Crippen molar-refractivity contribution in [2.45, 2.75) is 39.7 Å². The largest absolute Gasteiger partial charge is 0.320 e. The highest BCUT2D eigenvalue weighted by Crippen LogP contribution is 2.23. The van der Waals surface area contributed by atoms with Gasteiger partial charge in [-0.05, 0) is 65.7 Å². The van der Waals surface area contributed by atoms with E-state index >= 15 is 0 Å². The Hall–Kier alpha value is -0.450. The average molecular weight is 267 g/mol. The van der Waals surface area contributed by atoms with Crippen molar-refractivity contribution in [2.24, 2.45) is 5.92 Å². The summed E-state index contributed by atoms with van der Waals surface area (Å²) >= 11 is 1.86. The Labute approximate surface area is 115 Å². The lowest BCUT2D eigenvalue weighted by Crippen LogP contribution is -2.34. The minimum absolute atomic E-state index is 0.925. The summed E-state index contributed by atoms with van der Waals surface area (Å²) in [5, 5.41) is 4.54. The maximum absolute atomic E-state index is 4.64. The highest BCUT2D eigenvalue weighted by molar-refractivity contribution is 7.11. The zero-order valence-corrected chi connectivity index (χ0v) is 12.6. The van der Waals surface area contributed by atoms with Crippen LogP contribution in [0, 0.1) is 19.8 Å². The zero-order chi connectivity index (χ0) is 13.0. The molecule has 1 N–H and O–H groups in total. The molecule has 3 nitrogen and oxygen atoms in total. The van der Waals surface area contributed by atoms with Gasteiger partial charge in [0.2, 0.25) is 0 Å². The van der Waals surface area contributed by atoms with Crippen LogP contribution < -0.4 is 5.32 Å². The monoisotopic (exact) mass is 267 g/mol. The van der Waals surface area contributed by atoms with Gasteiger partial charge in [0, 0.05) is 4.88 Å². The Balaban J connectivity index is 1.76. The van der Waals surface area contributed by atoms with E-state index in [-0.39, 0.29) is 0 Å². The summed E-state index contributed by atoms with van der Waals surface area (Å²) in [4.78, 5) is 8.57. The van der Waals surface area contributed by atoms with Crippen molar-refractivity contribution >= 4 is 11.3 Å². The highest BCUT2D eigenvalue weighted by Gasteiger charge is 2.19.